The molecule has 5 heteroatoms. The quantitative estimate of drug-likeness (QED) is 0.770. The maximum atomic E-state index is 13.9. The molecule has 1 unspecified atom stereocenters. The Balaban J connectivity index is 2.00. The number of benzene rings is 1. The van der Waals surface area contributed by atoms with E-state index in [2.05, 4.69) is 22.8 Å². The molecule has 1 aromatic carbocycles. The van der Waals surface area contributed by atoms with Gasteiger partial charge in [-0.15, -0.1) is 22.7 Å². The van der Waals surface area contributed by atoms with Crippen LogP contribution in [0.15, 0.2) is 35.7 Å². The Morgan fingerprint density at radius 1 is 1.20 bits per heavy atom. The van der Waals surface area contributed by atoms with Crippen LogP contribution in [0.5, 0.6) is 5.75 Å². The summed E-state index contributed by atoms with van der Waals surface area (Å²) in [5.74, 6) is -0.0561. The van der Waals surface area contributed by atoms with Gasteiger partial charge in [-0.25, -0.2) is 4.39 Å². The van der Waals surface area contributed by atoms with Crippen LogP contribution in [0.1, 0.15) is 16.5 Å². The first kappa shape index (κ1) is 13.5. The Kier molecular flexibility index (Phi) is 3.74. The van der Waals surface area contributed by atoms with Gasteiger partial charge in [0.25, 0.3) is 0 Å². The maximum Gasteiger partial charge on any atom is 0.165 e. The number of hydrogen-bond donors (Lipinski definition) is 1. The van der Waals surface area contributed by atoms with Crippen molar-refractivity contribution in [2.45, 2.75) is 6.04 Å². The van der Waals surface area contributed by atoms with Crippen LogP contribution in [0.4, 0.5) is 4.39 Å². The summed E-state index contributed by atoms with van der Waals surface area (Å²) in [5.41, 5.74) is 0.903. The lowest BCUT2D eigenvalue weighted by atomic mass is 10.1. The fraction of sp³-hybridized carbons (Fsp3) is 0.200. The van der Waals surface area contributed by atoms with Crippen molar-refractivity contribution in [3.63, 3.8) is 0 Å². The summed E-state index contributed by atoms with van der Waals surface area (Å²) in [4.78, 5) is 1.19. The summed E-state index contributed by atoms with van der Waals surface area (Å²) in [6.45, 7) is 0. The third kappa shape index (κ3) is 2.32. The summed E-state index contributed by atoms with van der Waals surface area (Å²) in [6.07, 6.45) is 0. The molecular weight excluding hydrogens is 293 g/mol. The molecule has 2 nitrogen and oxygen atoms in total. The second-order valence-corrected chi connectivity index (χ2v) is 6.48. The van der Waals surface area contributed by atoms with Gasteiger partial charge in [0.2, 0.25) is 0 Å². The second-order valence-electron chi connectivity index (χ2n) is 4.41. The molecule has 1 N–H and O–H groups in total. The minimum atomic E-state index is -0.330. The molecule has 2 aromatic heterocycles. The van der Waals surface area contributed by atoms with E-state index in [4.69, 9.17) is 4.74 Å². The zero-order valence-corrected chi connectivity index (χ0v) is 12.8. The van der Waals surface area contributed by atoms with Crippen molar-refractivity contribution in [3.8, 4) is 5.75 Å². The van der Waals surface area contributed by atoms with E-state index in [-0.39, 0.29) is 17.6 Å². The fourth-order valence-electron chi connectivity index (χ4n) is 2.26. The summed E-state index contributed by atoms with van der Waals surface area (Å²) in [5, 5.41) is 5.35. The standard InChI is InChI=1S/C15H14FNOS2/c1-17-15(9-3-4-11(18-2)10(16)7-9)14-8-13-12(20-14)5-6-19-13/h3-8,15,17H,1-2H3. The summed E-state index contributed by atoms with van der Waals surface area (Å²) < 4.78 is 21.4. The Bertz CT molecular complexity index is 706. The number of hydrogen-bond acceptors (Lipinski definition) is 4. The lowest BCUT2D eigenvalue weighted by molar-refractivity contribution is 0.386. The van der Waals surface area contributed by atoms with Crippen LogP contribution >= 0.6 is 22.7 Å². The van der Waals surface area contributed by atoms with Crippen LogP contribution in [-0.4, -0.2) is 14.2 Å². The van der Waals surface area contributed by atoms with Gasteiger partial charge in [0.05, 0.1) is 13.2 Å². The highest BCUT2D eigenvalue weighted by Crippen LogP contribution is 2.36. The molecule has 0 fully saturated rings. The Morgan fingerprint density at radius 2 is 2.05 bits per heavy atom. The average molecular weight is 307 g/mol. The molecular formula is C15H14FNOS2. The van der Waals surface area contributed by atoms with Crippen molar-refractivity contribution in [1.29, 1.82) is 0 Å². The van der Waals surface area contributed by atoms with Gasteiger partial charge in [-0.05, 0) is 42.3 Å². The third-order valence-corrected chi connectivity index (χ3v) is 5.40. The lowest BCUT2D eigenvalue weighted by Crippen LogP contribution is -2.16. The molecule has 3 aromatic rings. The first-order chi connectivity index (χ1) is 9.72. The number of methoxy groups -OCH3 is 1. The van der Waals surface area contributed by atoms with Gasteiger partial charge in [0.15, 0.2) is 11.6 Å². The number of ether oxygens (including phenoxy) is 1. The van der Waals surface area contributed by atoms with Crippen LogP contribution in [0, 0.1) is 5.82 Å². The van der Waals surface area contributed by atoms with E-state index in [9.17, 15) is 4.39 Å². The predicted molar refractivity (Wildman–Crippen MR) is 83.6 cm³/mol. The summed E-state index contributed by atoms with van der Waals surface area (Å²) >= 11 is 3.47. The normalized spacial score (nSPS) is 12.8. The number of rotatable bonds is 4. The summed E-state index contributed by atoms with van der Waals surface area (Å²) in [6, 6.07) is 9.40. The highest BCUT2D eigenvalue weighted by atomic mass is 32.1. The highest BCUT2D eigenvalue weighted by molar-refractivity contribution is 7.27. The molecule has 0 aliphatic heterocycles. The number of fused-ring (bicyclic) bond motifs is 1. The number of thiophene rings is 2. The molecule has 20 heavy (non-hydrogen) atoms. The van der Waals surface area contributed by atoms with Crippen LogP contribution in [0.2, 0.25) is 0 Å². The Labute approximate surface area is 124 Å². The van der Waals surface area contributed by atoms with Crippen LogP contribution in [0.25, 0.3) is 9.40 Å². The third-order valence-electron chi connectivity index (χ3n) is 3.24. The molecule has 0 aliphatic carbocycles. The lowest BCUT2D eigenvalue weighted by Gasteiger charge is -2.15. The van der Waals surface area contributed by atoms with Crippen molar-refractivity contribution in [3.05, 3.63) is 52.0 Å². The fourth-order valence-corrected chi connectivity index (χ4v) is 4.52. The van der Waals surface area contributed by atoms with Gasteiger partial charge >= 0.3 is 0 Å². The van der Waals surface area contributed by atoms with E-state index >= 15 is 0 Å². The van der Waals surface area contributed by atoms with Crippen LogP contribution in [-0.2, 0) is 0 Å². The highest BCUT2D eigenvalue weighted by Gasteiger charge is 2.17. The van der Waals surface area contributed by atoms with Gasteiger partial charge in [-0.3, -0.25) is 0 Å². The molecule has 0 radical (unpaired) electrons. The first-order valence-electron chi connectivity index (χ1n) is 6.20. The van der Waals surface area contributed by atoms with Crippen molar-refractivity contribution in [2.75, 3.05) is 14.2 Å². The molecule has 0 saturated heterocycles. The maximum absolute atomic E-state index is 13.9. The van der Waals surface area contributed by atoms with E-state index in [1.165, 1.54) is 27.5 Å². The minimum absolute atomic E-state index is 0.00000567. The molecule has 3 rings (SSSR count). The van der Waals surface area contributed by atoms with Crippen molar-refractivity contribution >= 4 is 32.1 Å². The SMILES string of the molecule is CNC(c1ccc(OC)c(F)c1)c1cc2sccc2s1. The van der Waals surface area contributed by atoms with Gasteiger partial charge < -0.3 is 10.1 Å². The van der Waals surface area contributed by atoms with E-state index in [0.29, 0.717) is 0 Å². The molecule has 104 valence electrons. The molecule has 0 aliphatic rings. The van der Waals surface area contributed by atoms with Crippen molar-refractivity contribution < 1.29 is 9.13 Å². The van der Waals surface area contributed by atoms with E-state index in [1.807, 2.05) is 13.1 Å². The van der Waals surface area contributed by atoms with E-state index < -0.39 is 0 Å². The van der Waals surface area contributed by atoms with Crippen LogP contribution in [0.3, 0.4) is 0 Å². The summed E-state index contributed by atoms with van der Waals surface area (Å²) in [7, 11) is 3.36. The zero-order chi connectivity index (χ0) is 14.1. The van der Waals surface area contributed by atoms with Gasteiger partial charge in [0, 0.05) is 14.3 Å². The monoisotopic (exact) mass is 307 g/mol. The largest absolute Gasteiger partial charge is 0.494 e. The molecule has 1 atom stereocenters. The van der Waals surface area contributed by atoms with E-state index in [1.54, 1.807) is 28.7 Å². The first-order valence-corrected chi connectivity index (χ1v) is 7.90. The molecule has 0 amide bonds. The van der Waals surface area contributed by atoms with Crippen LogP contribution < -0.4 is 10.1 Å². The molecule has 0 bridgehead atoms. The Morgan fingerprint density at radius 3 is 2.70 bits per heavy atom. The second kappa shape index (κ2) is 5.52. The molecule has 2 heterocycles. The Hall–Kier alpha value is -1.43. The zero-order valence-electron chi connectivity index (χ0n) is 11.1. The molecule has 0 saturated carbocycles. The van der Waals surface area contributed by atoms with Gasteiger partial charge in [0.1, 0.15) is 0 Å². The average Bonchev–Trinajstić information content (AvgIpc) is 3.01. The topological polar surface area (TPSA) is 21.3 Å². The minimum Gasteiger partial charge on any atom is -0.494 e. The number of halogens is 1. The van der Waals surface area contributed by atoms with Gasteiger partial charge in [-0.1, -0.05) is 6.07 Å². The molecule has 0 spiro atoms. The van der Waals surface area contributed by atoms with Gasteiger partial charge in [-0.2, -0.15) is 0 Å². The number of nitrogens with one attached hydrogen (secondary N) is 1. The van der Waals surface area contributed by atoms with E-state index in [0.717, 1.165) is 5.56 Å². The van der Waals surface area contributed by atoms with Crippen molar-refractivity contribution in [2.24, 2.45) is 0 Å². The predicted octanol–water partition coefficient (Wildman–Crippen LogP) is 4.42. The van der Waals surface area contributed by atoms with Crippen molar-refractivity contribution in [1.82, 2.24) is 5.32 Å². The smallest absolute Gasteiger partial charge is 0.165 e.